The molecular formula is C15H21N3O4. The van der Waals surface area contributed by atoms with Gasteiger partial charge in [0.1, 0.15) is 5.56 Å². The quantitative estimate of drug-likeness (QED) is 0.884. The van der Waals surface area contributed by atoms with E-state index in [-0.39, 0.29) is 23.4 Å². The number of carbonyl (C=O) groups excluding carboxylic acids is 1. The van der Waals surface area contributed by atoms with Gasteiger partial charge in [-0.05, 0) is 32.1 Å². The van der Waals surface area contributed by atoms with Gasteiger partial charge in [0.05, 0.1) is 17.9 Å². The van der Waals surface area contributed by atoms with Crippen LogP contribution in [-0.4, -0.2) is 51.8 Å². The first-order valence-electron chi connectivity index (χ1n) is 7.83. The fourth-order valence-corrected chi connectivity index (χ4v) is 3.40. The third kappa shape index (κ3) is 2.85. The number of amides is 1. The molecule has 1 amide bonds. The Kier molecular flexibility index (Phi) is 4.42. The highest BCUT2D eigenvalue weighted by atomic mass is 16.5. The second kappa shape index (κ2) is 6.48. The standard InChI is InChI=1S/C15H21N3O4/c19-14(10-4-7-22-8-5-10)18-6-2-1-3-12(18)13-11(15(20)21)9-16-17-13/h9-10,12H,1-8H2,(H,16,17)(H,20,21). The smallest absolute Gasteiger partial charge is 0.339 e. The summed E-state index contributed by atoms with van der Waals surface area (Å²) in [5.74, 6) is -0.891. The van der Waals surface area contributed by atoms with Gasteiger partial charge in [0.15, 0.2) is 0 Å². The zero-order valence-electron chi connectivity index (χ0n) is 12.5. The van der Waals surface area contributed by atoms with Crippen LogP contribution in [0.3, 0.4) is 0 Å². The van der Waals surface area contributed by atoms with E-state index in [4.69, 9.17) is 4.74 Å². The number of hydrogen-bond acceptors (Lipinski definition) is 4. The minimum Gasteiger partial charge on any atom is -0.478 e. The molecule has 1 aromatic rings. The van der Waals surface area contributed by atoms with Crippen molar-refractivity contribution in [3.05, 3.63) is 17.5 Å². The van der Waals surface area contributed by atoms with Crippen molar-refractivity contribution in [3.8, 4) is 0 Å². The van der Waals surface area contributed by atoms with Gasteiger partial charge >= 0.3 is 5.97 Å². The number of nitrogens with zero attached hydrogens (tertiary/aromatic N) is 2. The number of carboxylic acid groups (broad SMARTS) is 1. The van der Waals surface area contributed by atoms with Crippen LogP contribution < -0.4 is 0 Å². The minimum absolute atomic E-state index is 0.00875. The summed E-state index contributed by atoms with van der Waals surface area (Å²) in [4.78, 5) is 26.0. The molecule has 7 nitrogen and oxygen atoms in total. The Morgan fingerprint density at radius 1 is 1.27 bits per heavy atom. The molecule has 2 fully saturated rings. The van der Waals surface area contributed by atoms with Crippen molar-refractivity contribution in [1.82, 2.24) is 15.1 Å². The van der Waals surface area contributed by atoms with Crippen LogP contribution in [0.25, 0.3) is 0 Å². The number of likely N-dealkylation sites (tertiary alicyclic amines) is 1. The second-order valence-corrected chi connectivity index (χ2v) is 5.93. The molecule has 0 spiro atoms. The Hall–Kier alpha value is -1.89. The maximum atomic E-state index is 12.8. The lowest BCUT2D eigenvalue weighted by atomic mass is 9.92. The summed E-state index contributed by atoms with van der Waals surface area (Å²) in [6.45, 7) is 1.93. The normalized spacial score (nSPS) is 23.5. The molecule has 0 aliphatic carbocycles. The highest BCUT2D eigenvalue weighted by Crippen LogP contribution is 2.34. The topological polar surface area (TPSA) is 95.5 Å². The molecule has 0 radical (unpaired) electrons. The molecule has 2 aliphatic heterocycles. The average Bonchev–Trinajstić information content (AvgIpc) is 3.05. The lowest BCUT2D eigenvalue weighted by Gasteiger charge is -2.38. The molecule has 0 saturated carbocycles. The number of aromatic nitrogens is 2. The molecule has 1 atom stereocenters. The van der Waals surface area contributed by atoms with Crippen LogP contribution in [0.5, 0.6) is 0 Å². The van der Waals surface area contributed by atoms with Gasteiger partial charge in [-0.15, -0.1) is 0 Å². The Morgan fingerprint density at radius 3 is 2.77 bits per heavy atom. The second-order valence-electron chi connectivity index (χ2n) is 5.93. The van der Waals surface area contributed by atoms with E-state index in [1.165, 1.54) is 6.20 Å². The molecule has 7 heteroatoms. The van der Waals surface area contributed by atoms with Gasteiger partial charge in [-0.1, -0.05) is 0 Å². The van der Waals surface area contributed by atoms with Crippen LogP contribution in [-0.2, 0) is 9.53 Å². The highest BCUT2D eigenvalue weighted by Gasteiger charge is 2.35. The maximum Gasteiger partial charge on any atom is 0.339 e. The minimum atomic E-state index is -1.01. The first-order valence-corrected chi connectivity index (χ1v) is 7.83. The van der Waals surface area contributed by atoms with E-state index in [2.05, 4.69) is 10.2 Å². The van der Waals surface area contributed by atoms with Crippen molar-refractivity contribution >= 4 is 11.9 Å². The summed E-state index contributed by atoms with van der Waals surface area (Å²) in [7, 11) is 0. The first kappa shape index (κ1) is 15.0. The molecule has 0 aromatic carbocycles. The number of nitrogens with one attached hydrogen (secondary N) is 1. The molecule has 3 heterocycles. The SMILES string of the molecule is O=C(O)c1cn[nH]c1C1CCCCN1C(=O)C1CCOCC1. The van der Waals surface area contributed by atoms with Crippen molar-refractivity contribution < 1.29 is 19.4 Å². The largest absolute Gasteiger partial charge is 0.478 e. The van der Waals surface area contributed by atoms with Gasteiger partial charge in [0, 0.05) is 25.7 Å². The van der Waals surface area contributed by atoms with Crippen molar-refractivity contribution in [3.63, 3.8) is 0 Å². The third-order valence-electron chi connectivity index (χ3n) is 4.59. The maximum absolute atomic E-state index is 12.8. The van der Waals surface area contributed by atoms with E-state index in [1.807, 2.05) is 4.90 Å². The summed E-state index contributed by atoms with van der Waals surface area (Å²) in [6.07, 6.45) is 5.54. The zero-order valence-corrected chi connectivity index (χ0v) is 12.5. The summed E-state index contributed by atoms with van der Waals surface area (Å²) in [5, 5.41) is 15.9. The number of H-pyrrole nitrogens is 1. The van der Waals surface area contributed by atoms with Gasteiger partial charge < -0.3 is 14.7 Å². The van der Waals surface area contributed by atoms with Crippen LogP contribution >= 0.6 is 0 Å². The van der Waals surface area contributed by atoms with Gasteiger partial charge in [-0.25, -0.2) is 4.79 Å². The summed E-state index contributed by atoms with van der Waals surface area (Å²) in [6, 6.07) is -0.210. The highest BCUT2D eigenvalue weighted by molar-refractivity contribution is 5.89. The Bertz CT molecular complexity index is 551. The van der Waals surface area contributed by atoms with Gasteiger partial charge in [0.2, 0.25) is 5.91 Å². The van der Waals surface area contributed by atoms with Gasteiger partial charge in [0.25, 0.3) is 0 Å². The third-order valence-corrected chi connectivity index (χ3v) is 4.59. The van der Waals surface area contributed by atoms with E-state index in [1.54, 1.807) is 0 Å². The van der Waals surface area contributed by atoms with E-state index in [0.29, 0.717) is 25.5 Å². The molecule has 2 N–H and O–H groups in total. The molecule has 3 rings (SSSR count). The van der Waals surface area contributed by atoms with Crippen molar-refractivity contribution in [1.29, 1.82) is 0 Å². The number of carboxylic acids is 1. The predicted molar refractivity (Wildman–Crippen MR) is 77.4 cm³/mol. The summed E-state index contributed by atoms with van der Waals surface area (Å²) < 4.78 is 5.32. The summed E-state index contributed by atoms with van der Waals surface area (Å²) >= 11 is 0. The molecule has 22 heavy (non-hydrogen) atoms. The molecule has 0 bridgehead atoms. The number of carbonyl (C=O) groups is 2. The number of hydrogen-bond donors (Lipinski definition) is 2. The van der Waals surface area contributed by atoms with Crippen LogP contribution in [0.15, 0.2) is 6.20 Å². The Labute approximate surface area is 128 Å². The number of piperidine rings is 1. The predicted octanol–water partition coefficient (Wildman–Crippen LogP) is 1.59. The molecule has 2 saturated heterocycles. The van der Waals surface area contributed by atoms with E-state index < -0.39 is 5.97 Å². The number of aromatic amines is 1. The van der Waals surface area contributed by atoms with E-state index in [9.17, 15) is 14.7 Å². The molecule has 1 aromatic heterocycles. The molecular weight excluding hydrogens is 286 g/mol. The first-order chi connectivity index (χ1) is 10.7. The fourth-order valence-electron chi connectivity index (χ4n) is 3.40. The van der Waals surface area contributed by atoms with Crippen molar-refractivity contribution in [2.45, 2.75) is 38.1 Å². The van der Waals surface area contributed by atoms with Crippen molar-refractivity contribution in [2.24, 2.45) is 5.92 Å². The zero-order chi connectivity index (χ0) is 15.5. The van der Waals surface area contributed by atoms with Crippen LogP contribution in [0.4, 0.5) is 0 Å². The van der Waals surface area contributed by atoms with Crippen LogP contribution in [0.1, 0.15) is 54.2 Å². The van der Waals surface area contributed by atoms with E-state index >= 15 is 0 Å². The molecule has 1 unspecified atom stereocenters. The molecule has 120 valence electrons. The fraction of sp³-hybridized carbons (Fsp3) is 0.667. The monoisotopic (exact) mass is 307 g/mol. The number of aromatic carboxylic acids is 1. The van der Waals surface area contributed by atoms with Gasteiger partial charge in [-0.3, -0.25) is 9.89 Å². The Balaban J connectivity index is 1.83. The number of rotatable bonds is 3. The van der Waals surface area contributed by atoms with Gasteiger partial charge in [-0.2, -0.15) is 5.10 Å². The number of ether oxygens (including phenoxy) is 1. The average molecular weight is 307 g/mol. The lowest BCUT2D eigenvalue weighted by molar-refractivity contribution is -0.142. The van der Waals surface area contributed by atoms with Crippen LogP contribution in [0, 0.1) is 5.92 Å². The Morgan fingerprint density at radius 2 is 2.05 bits per heavy atom. The summed E-state index contributed by atoms with van der Waals surface area (Å²) in [5.41, 5.74) is 0.712. The van der Waals surface area contributed by atoms with E-state index in [0.717, 1.165) is 32.1 Å². The lowest BCUT2D eigenvalue weighted by Crippen LogP contribution is -2.43. The van der Waals surface area contributed by atoms with Crippen molar-refractivity contribution in [2.75, 3.05) is 19.8 Å². The molecule has 2 aliphatic rings. The van der Waals surface area contributed by atoms with Crippen LogP contribution in [0.2, 0.25) is 0 Å².